The second kappa shape index (κ2) is 11.5. The SMILES string of the molecule is COc1ccc(/C=C/C(O)=C(\C=O)C(=O)/C=C/c2ccc(CO)c(CO)c2)cc1OC. The van der Waals surface area contributed by atoms with Gasteiger partial charge in [-0.3, -0.25) is 9.59 Å². The molecule has 0 aromatic heterocycles. The van der Waals surface area contributed by atoms with E-state index in [9.17, 15) is 24.9 Å². The number of methoxy groups -OCH3 is 2. The highest BCUT2D eigenvalue weighted by atomic mass is 16.5. The summed E-state index contributed by atoms with van der Waals surface area (Å²) in [5, 5.41) is 28.8. The minimum absolute atomic E-state index is 0.211. The third kappa shape index (κ3) is 6.15. The van der Waals surface area contributed by atoms with Crippen LogP contribution in [0.15, 0.2) is 59.9 Å². The van der Waals surface area contributed by atoms with Crippen LogP contribution in [0.1, 0.15) is 22.3 Å². The van der Waals surface area contributed by atoms with Gasteiger partial charge < -0.3 is 24.8 Å². The molecule has 0 saturated carbocycles. The van der Waals surface area contributed by atoms with Crippen molar-refractivity contribution in [3.8, 4) is 11.5 Å². The Labute approximate surface area is 180 Å². The number of hydrogen-bond acceptors (Lipinski definition) is 7. The Hall–Kier alpha value is -3.68. The van der Waals surface area contributed by atoms with Crippen molar-refractivity contribution in [2.24, 2.45) is 0 Å². The summed E-state index contributed by atoms with van der Waals surface area (Å²) in [6.45, 7) is -0.468. The maximum absolute atomic E-state index is 12.4. The summed E-state index contributed by atoms with van der Waals surface area (Å²) in [5.74, 6) is -0.116. The Morgan fingerprint density at radius 2 is 1.48 bits per heavy atom. The molecule has 162 valence electrons. The van der Waals surface area contributed by atoms with Gasteiger partial charge in [0.1, 0.15) is 11.3 Å². The molecule has 2 aromatic rings. The molecule has 0 atom stereocenters. The molecule has 7 heteroatoms. The molecule has 0 spiro atoms. The Morgan fingerprint density at radius 1 is 0.871 bits per heavy atom. The first-order valence-corrected chi connectivity index (χ1v) is 9.31. The lowest BCUT2D eigenvalue weighted by molar-refractivity contribution is -0.114. The zero-order valence-electron chi connectivity index (χ0n) is 17.2. The van der Waals surface area contributed by atoms with Gasteiger partial charge >= 0.3 is 0 Å². The predicted octanol–water partition coefficient (Wildman–Crippen LogP) is 3.00. The highest BCUT2D eigenvalue weighted by Crippen LogP contribution is 2.28. The number of carbonyl (C=O) groups is 2. The monoisotopic (exact) mass is 424 g/mol. The Balaban J connectivity index is 2.23. The van der Waals surface area contributed by atoms with Crippen molar-refractivity contribution in [3.05, 3.63) is 82.1 Å². The number of hydrogen-bond donors (Lipinski definition) is 3. The van der Waals surface area contributed by atoms with E-state index in [4.69, 9.17) is 9.47 Å². The van der Waals surface area contributed by atoms with E-state index in [1.165, 1.54) is 32.4 Å². The molecule has 0 aliphatic carbocycles. The number of aliphatic hydroxyl groups excluding tert-OH is 3. The standard InChI is InChI=1S/C24H24O7/c1-30-23-10-6-17(12-24(23)31-2)5-9-22(29)20(15-27)21(28)8-4-16-3-7-18(13-25)19(11-16)14-26/h3-12,15,25-26,29H,13-14H2,1-2H3/b8-4+,9-5+,22-20-. The van der Waals surface area contributed by atoms with Crippen LogP contribution in [-0.2, 0) is 22.8 Å². The summed E-state index contributed by atoms with van der Waals surface area (Å²) >= 11 is 0. The molecule has 0 unspecified atom stereocenters. The summed E-state index contributed by atoms with van der Waals surface area (Å²) in [7, 11) is 3.02. The molecule has 2 rings (SSSR count). The van der Waals surface area contributed by atoms with Gasteiger partial charge in [-0.1, -0.05) is 30.4 Å². The van der Waals surface area contributed by atoms with E-state index < -0.39 is 17.1 Å². The number of ether oxygens (including phenoxy) is 2. The molecule has 0 bridgehead atoms. The van der Waals surface area contributed by atoms with E-state index in [1.807, 2.05) is 0 Å². The summed E-state index contributed by atoms with van der Waals surface area (Å²) < 4.78 is 10.4. The molecular formula is C24H24O7. The molecule has 0 heterocycles. The normalized spacial score (nSPS) is 12.1. The van der Waals surface area contributed by atoms with Crippen molar-refractivity contribution in [2.45, 2.75) is 13.2 Å². The molecular weight excluding hydrogens is 400 g/mol. The van der Waals surface area contributed by atoms with Crippen molar-refractivity contribution >= 4 is 24.2 Å². The van der Waals surface area contributed by atoms with Crippen molar-refractivity contribution in [3.63, 3.8) is 0 Å². The van der Waals surface area contributed by atoms with Crippen LogP contribution in [-0.4, -0.2) is 41.6 Å². The molecule has 0 radical (unpaired) electrons. The molecule has 0 amide bonds. The van der Waals surface area contributed by atoms with Crippen LogP contribution in [0.3, 0.4) is 0 Å². The van der Waals surface area contributed by atoms with Gasteiger partial charge in [-0.05, 0) is 52.6 Å². The van der Waals surface area contributed by atoms with E-state index >= 15 is 0 Å². The lowest BCUT2D eigenvalue weighted by atomic mass is 10.0. The average Bonchev–Trinajstić information content (AvgIpc) is 2.81. The van der Waals surface area contributed by atoms with Crippen LogP contribution in [0.5, 0.6) is 11.5 Å². The van der Waals surface area contributed by atoms with Crippen LogP contribution >= 0.6 is 0 Å². The van der Waals surface area contributed by atoms with E-state index in [0.717, 1.165) is 6.08 Å². The van der Waals surface area contributed by atoms with Crippen molar-refractivity contribution in [1.29, 1.82) is 0 Å². The number of allylic oxidation sites excluding steroid dienone is 3. The molecule has 2 aromatic carbocycles. The van der Waals surface area contributed by atoms with E-state index in [0.29, 0.717) is 33.8 Å². The van der Waals surface area contributed by atoms with E-state index in [1.54, 1.807) is 36.4 Å². The summed E-state index contributed by atoms with van der Waals surface area (Å²) in [6.07, 6.45) is 5.67. The fourth-order valence-corrected chi connectivity index (χ4v) is 2.78. The number of aliphatic hydroxyl groups is 3. The average molecular weight is 424 g/mol. The van der Waals surface area contributed by atoms with Gasteiger partial charge in [0.05, 0.1) is 27.4 Å². The van der Waals surface area contributed by atoms with Gasteiger partial charge in [0, 0.05) is 0 Å². The Morgan fingerprint density at radius 3 is 2.10 bits per heavy atom. The lowest BCUT2D eigenvalue weighted by Crippen LogP contribution is -2.03. The molecule has 3 N–H and O–H groups in total. The van der Waals surface area contributed by atoms with Crippen LogP contribution in [0.4, 0.5) is 0 Å². The smallest absolute Gasteiger partial charge is 0.192 e. The second-order valence-corrected chi connectivity index (χ2v) is 6.41. The fraction of sp³-hybridized carbons (Fsp3) is 0.167. The molecule has 7 nitrogen and oxygen atoms in total. The van der Waals surface area contributed by atoms with Gasteiger partial charge in [0.2, 0.25) is 0 Å². The summed E-state index contributed by atoms with van der Waals surface area (Å²) in [4.78, 5) is 23.7. The molecule has 0 saturated heterocycles. The molecule has 0 fully saturated rings. The van der Waals surface area contributed by atoms with Gasteiger partial charge in [0.15, 0.2) is 23.6 Å². The number of ketones is 1. The Bertz CT molecular complexity index is 1030. The first kappa shape index (κ1) is 23.6. The molecule has 0 aliphatic rings. The number of rotatable bonds is 10. The number of aldehydes is 1. The van der Waals surface area contributed by atoms with Crippen molar-refractivity contribution in [1.82, 2.24) is 0 Å². The maximum atomic E-state index is 12.4. The third-order valence-corrected chi connectivity index (χ3v) is 4.50. The van der Waals surface area contributed by atoms with Crippen LogP contribution in [0, 0.1) is 0 Å². The number of carbonyl (C=O) groups excluding carboxylic acids is 2. The third-order valence-electron chi connectivity index (χ3n) is 4.50. The zero-order chi connectivity index (χ0) is 22.8. The topological polar surface area (TPSA) is 113 Å². The van der Waals surface area contributed by atoms with E-state index in [2.05, 4.69) is 0 Å². The quantitative estimate of drug-likeness (QED) is 0.134. The van der Waals surface area contributed by atoms with Gasteiger partial charge in [0.25, 0.3) is 0 Å². The number of benzene rings is 2. The maximum Gasteiger partial charge on any atom is 0.192 e. The first-order chi connectivity index (χ1) is 15.0. The van der Waals surface area contributed by atoms with Gasteiger partial charge in [-0.15, -0.1) is 0 Å². The zero-order valence-corrected chi connectivity index (χ0v) is 17.2. The molecule has 0 aliphatic heterocycles. The van der Waals surface area contributed by atoms with Crippen molar-refractivity contribution < 1.29 is 34.4 Å². The summed E-state index contributed by atoms with van der Waals surface area (Å²) in [6, 6.07) is 10.0. The van der Waals surface area contributed by atoms with Crippen LogP contribution in [0.2, 0.25) is 0 Å². The minimum Gasteiger partial charge on any atom is -0.507 e. The highest BCUT2D eigenvalue weighted by molar-refractivity contribution is 6.19. The second-order valence-electron chi connectivity index (χ2n) is 6.41. The highest BCUT2D eigenvalue weighted by Gasteiger charge is 2.11. The van der Waals surface area contributed by atoms with Crippen LogP contribution in [0.25, 0.3) is 12.2 Å². The predicted molar refractivity (Wildman–Crippen MR) is 117 cm³/mol. The first-order valence-electron chi connectivity index (χ1n) is 9.31. The summed E-state index contributed by atoms with van der Waals surface area (Å²) in [5.41, 5.74) is 1.97. The lowest BCUT2D eigenvalue weighted by Gasteiger charge is -2.07. The largest absolute Gasteiger partial charge is 0.507 e. The fourth-order valence-electron chi connectivity index (χ4n) is 2.78. The Kier molecular flexibility index (Phi) is 8.75. The van der Waals surface area contributed by atoms with Crippen LogP contribution < -0.4 is 9.47 Å². The molecule has 31 heavy (non-hydrogen) atoms. The minimum atomic E-state index is -0.679. The van der Waals surface area contributed by atoms with Gasteiger partial charge in [-0.25, -0.2) is 0 Å². The van der Waals surface area contributed by atoms with E-state index in [-0.39, 0.29) is 19.5 Å². The van der Waals surface area contributed by atoms with Gasteiger partial charge in [-0.2, -0.15) is 0 Å². The van der Waals surface area contributed by atoms with Crippen molar-refractivity contribution in [2.75, 3.05) is 14.2 Å².